The van der Waals surface area contributed by atoms with Crippen molar-refractivity contribution in [3.63, 3.8) is 0 Å². The average molecular weight is 171 g/mol. The number of allylic oxidation sites excluding steroid dienone is 2. The first kappa shape index (κ1) is 9.46. The molecule has 0 aliphatic carbocycles. The van der Waals surface area contributed by atoms with Crippen LogP contribution in [0.3, 0.4) is 0 Å². The normalized spacial score (nSPS) is 9.31. The molecule has 66 valence electrons. The Balaban J connectivity index is 2.98. The van der Waals surface area contributed by atoms with Crippen LogP contribution in [0.2, 0.25) is 0 Å². The summed E-state index contributed by atoms with van der Waals surface area (Å²) in [7, 11) is 0. The van der Waals surface area contributed by atoms with Crippen molar-refractivity contribution < 1.29 is 0 Å². The van der Waals surface area contributed by atoms with Crippen LogP contribution in [0.4, 0.5) is 0 Å². The molecule has 1 aromatic rings. The summed E-state index contributed by atoms with van der Waals surface area (Å²) in [5.41, 5.74) is 3.78. The third kappa shape index (κ3) is 2.15. The Labute approximate surface area is 79.1 Å². The van der Waals surface area contributed by atoms with Crippen LogP contribution in [-0.4, -0.2) is 4.98 Å². The highest BCUT2D eigenvalue weighted by Gasteiger charge is 1.98. The summed E-state index contributed by atoms with van der Waals surface area (Å²) in [4.78, 5) is 4.18. The molecule has 13 heavy (non-hydrogen) atoms. The average Bonchev–Trinajstić information content (AvgIpc) is 2.17. The summed E-state index contributed by atoms with van der Waals surface area (Å²) in [5, 5.41) is 0. The monoisotopic (exact) mass is 171 g/mol. The van der Waals surface area contributed by atoms with Crippen molar-refractivity contribution >= 4 is 11.6 Å². The molecule has 1 heteroatoms. The van der Waals surface area contributed by atoms with Gasteiger partial charge in [-0.3, -0.25) is 4.98 Å². The molecule has 0 fully saturated rings. The lowest BCUT2D eigenvalue weighted by atomic mass is 10.0. The van der Waals surface area contributed by atoms with E-state index >= 15 is 0 Å². The van der Waals surface area contributed by atoms with E-state index in [0.717, 1.165) is 22.4 Å². The van der Waals surface area contributed by atoms with Gasteiger partial charge in [0.2, 0.25) is 0 Å². The Morgan fingerprint density at radius 1 is 1.38 bits per heavy atom. The Bertz CT molecular complexity index is 344. The molecule has 1 rings (SSSR count). The van der Waals surface area contributed by atoms with Gasteiger partial charge in [-0.2, -0.15) is 0 Å². The first-order valence-corrected chi connectivity index (χ1v) is 4.09. The van der Waals surface area contributed by atoms with Crippen LogP contribution < -0.4 is 0 Å². The maximum atomic E-state index is 4.18. The fraction of sp³-hybridized carbons (Fsp3) is 0.0833. The van der Waals surface area contributed by atoms with Crippen LogP contribution in [0.25, 0.3) is 11.6 Å². The number of hydrogen-bond acceptors (Lipinski definition) is 1. The summed E-state index contributed by atoms with van der Waals surface area (Å²) in [6.45, 7) is 13.3. The van der Waals surface area contributed by atoms with Crippen molar-refractivity contribution in [2.45, 2.75) is 6.92 Å². The van der Waals surface area contributed by atoms with Crippen molar-refractivity contribution in [2.75, 3.05) is 0 Å². The predicted molar refractivity (Wildman–Crippen MR) is 58.2 cm³/mol. The second kappa shape index (κ2) is 3.85. The molecule has 0 unspecified atom stereocenters. The molecule has 0 aliphatic rings. The topological polar surface area (TPSA) is 12.9 Å². The minimum Gasteiger partial charge on any atom is -0.256 e. The Morgan fingerprint density at radius 3 is 2.46 bits per heavy atom. The standard InChI is InChI=1S/C12H13N/c1-5-12-7-6-11(8-13-12)10(4)9(2)3/h5-8H,1-2,4H2,3H3. The molecule has 0 atom stereocenters. The quantitative estimate of drug-likeness (QED) is 0.636. The van der Waals surface area contributed by atoms with E-state index in [9.17, 15) is 0 Å². The van der Waals surface area contributed by atoms with Gasteiger partial charge in [-0.25, -0.2) is 0 Å². The van der Waals surface area contributed by atoms with Crippen LogP contribution in [0, 0.1) is 0 Å². The van der Waals surface area contributed by atoms with Gasteiger partial charge in [0.15, 0.2) is 0 Å². The second-order valence-electron chi connectivity index (χ2n) is 2.93. The molecule has 0 radical (unpaired) electrons. The number of hydrogen-bond donors (Lipinski definition) is 0. The highest BCUT2D eigenvalue weighted by Crippen LogP contribution is 2.18. The van der Waals surface area contributed by atoms with E-state index in [2.05, 4.69) is 24.7 Å². The molecule has 0 aliphatic heterocycles. The lowest BCUT2D eigenvalue weighted by Gasteiger charge is -2.04. The lowest BCUT2D eigenvalue weighted by Crippen LogP contribution is -1.86. The molecule has 0 N–H and O–H groups in total. The Morgan fingerprint density at radius 2 is 2.08 bits per heavy atom. The zero-order chi connectivity index (χ0) is 9.84. The maximum Gasteiger partial charge on any atom is 0.0624 e. The van der Waals surface area contributed by atoms with E-state index in [4.69, 9.17) is 0 Å². The zero-order valence-electron chi connectivity index (χ0n) is 7.88. The molecule has 0 spiro atoms. The van der Waals surface area contributed by atoms with E-state index in [1.807, 2.05) is 19.1 Å². The largest absolute Gasteiger partial charge is 0.256 e. The van der Waals surface area contributed by atoms with Crippen LogP contribution in [0.1, 0.15) is 18.2 Å². The molecular formula is C12H13N. The third-order valence-corrected chi connectivity index (χ3v) is 1.86. The molecule has 0 amide bonds. The Hall–Kier alpha value is -1.63. The first-order valence-electron chi connectivity index (χ1n) is 4.09. The lowest BCUT2D eigenvalue weighted by molar-refractivity contribution is 1.28. The van der Waals surface area contributed by atoms with Gasteiger partial charge in [0.25, 0.3) is 0 Å². The van der Waals surface area contributed by atoms with Crippen molar-refractivity contribution in [2.24, 2.45) is 0 Å². The van der Waals surface area contributed by atoms with Crippen LogP contribution in [-0.2, 0) is 0 Å². The van der Waals surface area contributed by atoms with Gasteiger partial charge < -0.3 is 0 Å². The minimum atomic E-state index is 0.873. The van der Waals surface area contributed by atoms with Crippen molar-refractivity contribution in [1.29, 1.82) is 0 Å². The van der Waals surface area contributed by atoms with Crippen LogP contribution in [0.15, 0.2) is 43.6 Å². The van der Waals surface area contributed by atoms with Crippen molar-refractivity contribution in [3.05, 3.63) is 54.9 Å². The highest BCUT2D eigenvalue weighted by atomic mass is 14.7. The van der Waals surface area contributed by atoms with Crippen molar-refractivity contribution in [1.82, 2.24) is 4.98 Å². The van der Waals surface area contributed by atoms with Gasteiger partial charge in [0, 0.05) is 6.20 Å². The third-order valence-electron chi connectivity index (χ3n) is 1.86. The molecule has 0 saturated carbocycles. The van der Waals surface area contributed by atoms with Gasteiger partial charge >= 0.3 is 0 Å². The predicted octanol–water partition coefficient (Wildman–Crippen LogP) is 3.31. The Kier molecular flexibility index (Phi) is 2.80. The molecule has 0 saturated heterocycles. The summed E-state index contributed by atoms with van der Waals surface area (Å²) >= 11 is 0. The molecule has 0 bridgehead atoms. The maximum absolute atomic E-state index is 4.18. The second-order valence-corrected chi connectivity index (χ2v) is 2.93. The number of pyridine rings is 1. The SMILES string of the molecule is C=Cc1ccc(C(=C)C(=C)C)cn1. The minimum absolute atomic E-state index is 0.873. The molecular weight excluding hydrogens is 158 g/mol. The highest BCUT2D eigenvalue weighted by molar-refractivity contribution is 5.75. The van der Waals surface area contributed by atoms with E-state index in [-0.39, 0.29) is 0 Å². The first-order chi connectivity index (χ1) is 6.15. The van der Waals surface area contributed by atoms with Gasteiger partial charge in [0.1, 0.15) is 0 Å². The molecule has 1 nitrogen and oxygen atoms in total. The van der Waals surface area contributed by atoms with E-state index in [1.165, 1.54) is 0 Å². The van der Waals surface area contributed by atoms with Gasteiger partial charge in [0.05, 0.1) is 5.69 Å². The summed E-state index contributed by atoms with van der Waals surface area (Å²) in [6.07, 6.45) is 3.50. The molecule has 0 aromatic carbocycles. The molecule has 1 heterocycles. The summed E-state index contributed by atoms with van der Waals surface area (Å²) < 4.78 is 0. The summed E-state index contributed by atoms with van der Waals surface area (Å²) in [6, 6.07) is 3.89. The van der Waals surface area contributed by atoms with E-state index in [0.29, 0.717) is 0 Å². The van der Waals surface area contributed by atoms with Crippen molar-refractivity contribution in [3.8, 4) is 0 Å². The van der Waals surface area contributed by atoms with E-state index in [1.54, 1.807) is 12.3 Å². The van der Waals surface area contributed by atoms with E-state index < -0.39 is 0 Å². The zero-order valence-corrected chi connectivity index (χ0v) is 7.88. The fourth-order valence-corrected chi connectivity index (χ4v) is 0.951. The molecule has 1 aromatic heterocycles. The summed E-state index contributed by atoms with van der Waals surface area (Å²) in [5.74, 6) is 0. The number of rotatable bonds is 3. The fourth-order valence-electron chi connectivity index (χ4n) is 0.951. The number of nitrogens with zero attached hydrogens (tertiary/aromatic N) is 1. The van der Waals surface area contributed by atoms with Gasteiger partial charge in [-0.05, 0) is 30.2 Å². The number of aromatic nitrogens is 1. The van der Waals surface area contributed by atoms with Gasteiger partial charge in [-0.15, -0.1) is 0 Å². The van der Waals surface area contributed by atoms with Gasteiger partial charge in [-0.1, -0.05) is 31.4 Å². The van der Waals surface area contributed by atoms with Crippen LogP contribution in [0.5, 0.6) is 0 Å². The van der Waals surface area contributed by atoms with Crippen LogP contribution >= 0.6 is 0 Å². The smallest absolute Gasteiger partial charge is 0.0624 e.